The second-order valence-electron chi connectivity index (χ2n) is 3.83. The molecule has 2 nitrogen and oxygen atoms in total. The van der Waals surface area contributed by atoms with Gasteiger partial charge in [-0.2, -0.15) is 0 Å². The van der Waals surface area contributed by atoms with Gasteiger partial charge in [-0.15, -0.1) is 6.58 Å². The van der Waals surface area contributed by atoms with E-state index < -0.39 is 0 Å². The number of hydrogen-bond acceptors (Lipinski definition) is 2. The fourth-order valence-electron chi connectivity index (χ4n) is 1.78. The van der Waals surface area contributed by atoms with Crippen molar-refractivity contribution in [1.29, 1.82) is 0 Å². The van der Waals surface area contributed by atoms with E-state index in [1.165, 1.54) is 6.54 Å². The van der Waals surface area contributed by atoms with Gasteiger partial charge in [0.05, 0.1) is 0 Å². The van der Waals surface area contributed by atoms with E-state index in [1.54, 1.807) is 0 Å². The summed E-state index contributed by atoms with van der Waals surface area (Å²) in [5, 5.41) is 3.32. The van der Waals surface area contributed by atoms with E-state index in [2.05, 4.69) is 30.9 Å². The highest BCUT2D eigenvalue weighted by Crippen LogP contribution is 2.27. The molecule has 0 unspecified atom stereocenters. The van der Waals surface area contributed by atoms with Gasteiger partial charge in [-0.1, -0.05) is 6.08 Å². The van der Waals surface area contributed by atoms with Crippen LogP contribution in [-0.4, -0.2) is 38.6 Å². The Morgan fingerprint density at radius 1 is 1.55 bits per heavy atom. The average Bonchev–Trinajstić information content (AvgIpc) is 1.82. The molecule has 1 rings (SSSR count). The molecule has 1 aliphatic rings. The molecule has 0 aromatic carbocycles. The molecule has 1 saturated heterocycles. The van der Waals surface area contributed by atoms with Crippen LogP contribution < -0.4 is 5.32 Å². The Bertz CT molecular complexity index is 136. The molecule has 11 heavy (non-hydrogen) atoms. The molecule has 1 aliphatic heterocycles. The summed E-state index contributed by atoms with van der Waals surface area (Å²) in [4.78, 5) is 2.25. The summed E-state index contributed by atoms with van der Waals surface area (Å²) in [6, 6.07) is 0. The number of nitrogens with zero attached hydrogens (tertiary/aromatic N) is 1. The van der Waals surface area contributed by atoms with Crippen LogP contribution in [0.5, 0.6) is 0 Å². The number of rotatable bonds is 4. The van der Waals surface area contributed by atoms with E-state index in [1.807, 2.05) is 6.08 Å². The number of allylic oxidation sites excluding steroid dienone is 1. The lowest BCUT2D eigenvalue weighted by Gasteiger charge is -2.44. The van der Waals surface area contributed by atoms with E-state index in [-0.39, 0.29) is 0 Å². The largest absolute Gasteiger partial charge is 0.315 e. The molecule has 1 fully saturated rings. The molecule has 0 spiro atoms. The van der Waals surface area contributed by atoms with Gasteiger partial charge in [0.15, 0.2) is 0 Å². The first-order valence-corrected chi connectivity index (χ1v) is 4.15. The molecule has 64 valence electrons. The molecule has 0 radical (unpaired) electrons. The Hall–Kier alpha value is -0.340. The lowest BCUT2D eigenvalue weighted by Crippen LogP contribution is -2.57. The van der Waals surface area contributed by atoms with Crippen molar-refractivity contribution in [3.8, 4) is 0 Å². The van der Waals surface area contributed by atoms with Crippen molar-refractivity contribution in [2.75, 3.05) is 33.7 Å². The maximum atomic E-state index is 3.79. The van der Waals surface area contributed by atoms with Gasteiger partial charge in [-0.25, -0.2) is 0 Å². The van der Waals surface area contributed by atoms with Crippen LogP contribution in [0.4, 0.5) is 0 Å². The first-order valence-electron chi connectivity index (χ1n) is 4.15. The third-order valence-corrected chi connectivity index (χ3v) is 2.23. The van der Waals surface area contributed by atoms with Crippen molar-refractivity contribution in [3.05, 3.63) is 12.7 Å². The van der Waals surface area contributed by atoms with Gasteiger partial charge in [0.1, 0.15) is 0 Å². The van der Waals surface area contributed by atoms with Crippen molar-refractivity contribution in [2.24, 2.45) is 5.41 Å². The second-order valence-corrected chi connectivity index (χ2v) is 3.83. The van der Waals surface area contributed by atoms with Gasteiger partial charge in [-0.05, 0) is 20.5 Å². The Balaban J connectivity index is 2.39. The third-order valence-electron chi connectivity index (χ3n) is 2.23. The van der Waals surface area contributed by atoms with Crippen LogP contribution in [-0.2, 0) is 0 Å². The molecular formula is C9H18N2. The summed E-state index contributed by atoms with van der Waals surface area (Å²) < 4.78 is 0. The zero-order valence-electron chi connectivity index (χ0n) is 7.56. The molecule has 0 amide bonds. The van der Waals surface area contributed by atoms with E-state index in [9.17, 15) is 0 Å². The maximum Gasteiger partial charge on any atom is 0.0114 e. The molecule has 0 aromatic rings. The van der Waals surface area contributed by atoms with E-state index in [0.29, 0.717) is 5.41 Å². The summed E-state index contributed by atoms with van der Waals surface area (Å²) in [5.74, 6) is 0. The minimum Gasteiger partial charge on any atom is -0.315 e. The summed E-state index contributed by atoms with van der Waals surface area (Å²) in [7, 11) is 4.26. The van der Waals surface area contributed by atoms with Gasteiger partial charge in [0.25, 0.3) is 0 Å². The summed E-state index contributed by atoms with van der Waals surface area (Å²) in [6.45, 7) is 7.26. The Kier molecular flexibility index (Phi) is 2.68. The van der Waals surface area contributed by atoms with Crippen molar-refractivity contribution < 1.29 is 0 Å². The monoisotopic (exact) mass is 154 g/mol. The van der Waals surface area contributed by atoms with Crippen LogP contribution in [0.25, 0.3) is 0 Å². The average molecular weight is 154 g/mol. The molecule has 0 saturated carbocycles. The standard InChI is InChI=1S/C9H18N2/c1-4-5-9(6-10-7-9)8-11(2)3/h4,10H,1,5-8H2,2-3H3. The fourth-order valence-corrected chi connectivity index (χ4v) is 1.78. The summed E-state index contributed by atoms with van der Waals surface area (Å²) in [6.07, 6.45) is 3.17. The van der Waals surface area contributed by atoms with Crippen LogP contribution in [0.15, 0.2) is 12.7 Å². The predicted molar refractivity (Wildman–Crippen MR) is 48.7 cm³/mol. The third kappa shape index (κ3) is 2.04. The Labute approximate surface area is 69.3 Å². The van der Waals surface area contributed by atoms with Crippen LogP contribution in [0.2, 0.25) is 0 Å². The Morgan fingerprint density at radius 2 is 2.18 bits per heavy atom. The van der Waals surface area contributed by atoms with Gasteiger partial charge < -0.3 is 10.2 Å². The smallest absolute Gasteiger partial charge is 0.0114 e. The molecule has 1 N–H and O–H groups in total. The van der Waals surface area contributed by atoms with Gasteiger partial charge >= 0.3 is 0 Å². The van der Waals surface area contributed by atoms with E-state index >= 15 is 0 Å². The SMILES string of the molecule is C=CCC1(CN(C)C)CNC1. The van der Waals surface area contributed by atoms with Crippen LogP contribution >= 0.6 is 0 Å². The molecule has 0 bridgehead atoms. The minimum absolute atomic E-state index is 0.491. The minimum atomic E-state index is 0.491. The van der Waals surface area contributed by atoms with Gasteiger partial charge in [0.2, 0.25) is 0 Å². The zero-order valence-corrected chi connectivity index (χ0v) is 7.56. The van der Waals surface area contributed by atoms with Crippen molar-refractivity contribution in [1.82, 2.24) is 10.2 Å². The Morgan fingerprint density at radius 3 is 2.45 bits per heavy atom. The van der Waals surface area contributed by atoms with Crippen molar-refractivity contribution in [2.45, 2.75) is 6.42 Å². The quantitative estimate of drug-likeness (QED) is 0.600. The van der Waals surface area contributed by atoms with Crippen LogP contribution in [0, 0.1) is 5.41 Å². The maximum absolute atomic E-state index is 3.79. The molecule has 0 aromatic heterocycles. The number of hydrogen-bond donors (Lipinski definition) is 1. The summed E-state index contributed by atoms with van der Waals surface area (Å²) in [5.41, 5.74) is 0.491. The summed E-state index contributed by atoms with van der Waals surface area (Å²) >= 11 is 0. The molecule has 0 atom stereocenters. The highest BCUT2D eigenvalue weighted by Gasteiger charge is 2.35. The van der Waals surface area contributed by atoms with Gasteiger partial charge in [0, 0.05) is 25.0 Å². The van der Waals surface area contributed by atoms with Crippen molar-refractivity contribution in [3.63, 3.8) is 0 Å². The first-order chi connectivity index (χ1) is 5.18. The second kappa shape index (κ2) is 3.37. The van der Waals surface area contributed by atoms with Crippen LogP contribution in [0.1, 0.15) is 6.42 Å². The topological polar surface area (TPSA) is 15.3 Å². The zero-order chi connectivity index (χ0) is 8.32. The molecular weight excluding hydrogens is 136 g/mol. The molecule has 1 heterocycles. The first kappa shape index (κ1) is 8.75. The fraction of sp³-hybridized carbons (Fsp3) is 0.778. The van der Waals surface area contributed by atoms with Crippen molar-refractivity contribution >= 4 is 0 Å². The molecule has 2 heteroatoms. The van der Waals surface area contributed by atoms with Crippen LogP contribution in [0.3, 0.4) is 0 Å². The lowest BCUT2D eigenvalue weighted by atomic mass is 9.78. The van der Waals surface area contributed by atoms with E-state index in [4.69, 9.17) is 0 Å². The predicted octanol–water partition coefficient (Wildman–Crippen LogP) is 0.714. The lowest BCUT2D eigenvalue weighted by molar-refractivity contribution is 0.120. The number of nitrogens with one attached hydrogen (secondary N) is 1. The highest BCUT2D eigenvalue weighted by molar-refractivity contribution is 4.97. The normalized spacial score (nSPS) is 21.4. The molecule has 0 aliphatic carbocycles. The highest BCUT2D eigenvalue weighted by atomic mass is 15.1. The van der Waals surface area contributed by atoms with Gasteiger partial charge in [-0.3, -0.25) is 0 Å². The van der Waals surface area contributed by atoms with E-state index in [0.717, 1.165) is 19.5 Å².